The molecule has 2 aromatic rings. The largest absolute Gasteiger partial charge is 0.461 e. The zero-order valence-electron chi connectivity index (χ0n) is 15.2. The van der Waals surface area contributed by atoms with Crippen molar-refractivity contribution in [2.75, 3.05) is 16.5 Å². The standard InChI is InChI=1S/C20H15BrClN3O4/c1-2-29-20(28)16-15-17(25(23-16)14-5-3-4-12(22)10-14)19(27)24(18(15)26)13-8-6-11(21)7-9-13/h3-10,15,17H,2H2,1H3. The zero-order valence-corrected chi connectivity index (χ0v) is 17.6. The number of imide groups is 1. The summed E-state index contributed by atoms with van der Waals surface area (Å²) in [7, 11) is 0. The third-order valence-electron chi connectivity index (χ3n) is 4.69. The maximum atomic E-state index is 13.3. The normalized spacial score (nSPS) is 20.7. The van der Waals surface area contributed by atoms with Gasteiger partial charge in [0.15, 0.2) is 5.71 Å². The summed E-state index contributed by atoms with van der Waals surface area (Å²) in [5.41, 5.74) is 0.840. The molecule has 0 saturated carbocycles. The number of halogens is 2. The first-order chi connectivity index (χ1) is 13.9. The Morgan fingerprint density at radius 3 is 2.52 bits per heavy atom. The van der Waals surface area contributed by atoms with E-state index in [0.717, 1.165) is 9.37 Å². The molecule has 0 radical (unpaired) electrons. The number of fused-ring (bicyclic) bond motifs is 1. The molecule has 2 atom stereocenters. The van der Waals surface area contributed by atoms with Crippen LogP contribution in [0, 0.1) is 5.92 Å². The summed E-state index contributed by atoms with van der Waals surface area (Å²) in [6.45, 7) is 1.79. The lowest BCUT2D eigenvalue weighted by atomic mass is 9.98. The number of hydrazone groups is 1. The second-order valence-corrected chi connectivity index (χ2v) is 7.79. The number of amides is 2. The number of benzene rings is 2. The number of esters is 1. The first-order valence-corrected chi connectivity index (χ1v) is 10.0. The highest BCUT2D eigenvalue weighted by atomic mass is 79.9. The molecule has 2 aliphatic heterocycles. The van der Waals surface area contributed by atoms with Crippen molar-refractivity contribution in [2.24, 2.45) is 11.0 Å². The van der Waals surface area contributed by atoms with Crippen molar-refractivity contribution in [1.82, 2.24) is 0 Å². The summed E-state index contributed by atoms with van der Waals surface area (Å²) >= 11 is 9.42. The number of nitrogens with zero attached hydrogens (tertiary/aromatic N) is 3. The Kier molecular flexibility index (Phi) is 5.14. The predicted molar refractivity (Wildman–Crippen MR) is 112 cm³/mol. The number of carbonyl (C=O) groups is 3. The van der Waals surface area contributed by atoms with Gasteiger partial charge in [-0.15, -0.1) is 0 Å². The Morgan fingerprint density at radius 1 is 1.14 bits per heavy atom. The number of anilines is 2. The van der Waals surface area contributed by atoms with Gasteiger partial charge in [-0.25, -0.2) is 9.69 Å². The molecule has 0 aliphatic carbocycles. The second kappa shape index (κ2) is 7.61. The molecular weight excluding hydrogens is 462 g/mol. The SMILES string of the molecule is CCOC(=O)C1=NN(c2cccc(Cl)c2)C2C(=O)N(c3ccc(Br)cc3)C(=O)C12. The van der Waals surface area contributed by atoms with E-state index < -0.39 is 29.7 Å². The topological polar surface area (TPSA) is 79.3 Å². The van der Waals surface area contributed by atoms with Crippen LogP contribution in [0.4, 0.5) is 11.4 Å². The molecule has 4 rings (SSSR count). The average Bonchev–Trinajstić information content (AvgIpc) is 3.21. The summed E-state index contributed by atoms with van der Waals surface area (Å²) in [6, 6.07) is 12.5. The van der Waals surface area contributed by atoms with Crippen LogP contribution in [0.25, 0.3) is 0 Å². The first-order valence-electron chi connectivity index (χ1n) is 8.86. The van der Waals surface area contributed by atoms with Crippen molar-refractivity contribution >= 4 is 62.4 Å². The molecule has 0 N–H and O–H groups in total. The summed E-state index contributed by atoms with van der Waals surface area (Å²) in [5, 5.41) is 6.11. The van der Waals surface area contributed by atoms with E-state index in [-0.39, 0.29) is 12.3 Å². The van der Waals surface area contributed by atoms with E-state index in [1.165, 1.54) is 5.01 Å². The molecule has 9 heteroatoms. The monoisotopic (exact) mass is 475 g/mol. The Hall–Kier alpha value is -2.71. The van der Waals surface area contributed by atoms with Crippen molar-refractivity contribution in [1.29, 1.82) is 0 Å². The highest BCUT2D eigenvalue weighted by Crippen LogP contribution is 2.38. The molecule has 29 heavy (non-hydrogen) atoms. The minimum Gasteiger partial charge on any atom is -0.461 e. The Labute approximate surface area is 180 Å². The minimum absolute atomic E-state index is 0.0882. The van der Waals surface area contributed by atoms with E-state index in [9.17, 15) is 14.4 Å². The first kappa shape index (κ1) is 19.6. The van der Waals surface area contributed by atoms with Gasteiger partial charge in [-0.1, -0.05) is 33.6 Å². The second-order valence-electron chi connectivity index (χ2n) is 6.44. The zero-order chi connectivity index (χ0) is 20.7. The molecule has 1 fully saturated rings. The van der Waals surface area contributed by atoms with Crippen LogP contribution in [0.3, 0.4) is 0 Å². The van der Waals surface area contributed by atoms with Gasteiger partial charge < -0.3 is 4.74 Å². The van der Waals surface area contributed by atoms with Crippen molar-refractivity contribution < 1.29 is 19.1 Å². The smallest absolute Gasteiger partial charge is 0.355 e. The quantitative estimate of drug-likeness (QED) is 0.499. The van der Waals surface area contributed by atoms with Crippen LogP contribution in [0.1, 0.15) is 6.92 Å². The molecule has 0 spiro atoms. The van der Waals surface area contributed by atoms with Gasteiger partial charge in [0.1, 0.15) is 12.0 Å². The van der Waals surface area contributed by atoms with E-state index in [1.54, 1.807) is 55.5 Å². The fraction of sp³-hybridized carbons (Fsp3) is 0.200. The van der Waals surface area contributed by atoms with E-state index in [1.807, 2.05) is 0 Å². The van der Waals surface area contributed by atoms with E-state index in [2.05, 4.69) is 21.0 Å². The Bertz CT molecular complexity index is 1040. The molecule has 2 amide bonds. The van der Waals surface area contributed by atoms with Gasteiger partial charge in [0.25, 0.3) is 5.91 Å². The summed E-state index contributed by atoms with van der Waals surface area (Å²) in [6.07, 6.45) is 0. The summed E-state index contributed by atoms with van der Waals surface area (Å²) < 4.78 is 5.89. The highest BCUT2D eigenvalue weighted by Gasteiger charge is 2.59. The maximum absolute atomic E-state index is 13.3. The van der Waals surface area contributed by atoms with Gasteiger partial charge in [-0.2, -0.15) is 5.10 Å². The maximum Gasteiger partial charge on any atom is 0.355 e. The minimum atomic E-state index is -1.05. The molecule has 7 nitrogen and oxygen atoms in total. The number of carbonyl (C=O) groups excluding carboxylic acids is 3. The van der Waals surface area contributed by atoms with E-state index >= 15 is 0 Å². The van der Waals surface area contributed by atoms with Gasteiger partial charge >= 0.3 is 5.97 Å². The molecule has 2 aliphatic rings. The number of hydrogen-bond donors (Lipinski definition) is 0. The third-order valence-corrected chi connectivity index (χ3v) is 5.46. The summed E-state index contributed by atoms with van der Waals surface area (Å²) in [4.78, 5) is 40.0. The predicted octanol–water partition coefficient (Wildman–Crippen LogP) is 3.40. The van der Waals surface area contributed by atoms with Gasteiger partial charge in [0, 0.05) is 9.50 Å². The fourth-order valence-corrected chi connectivity index (χ4v) is 3.91. The van der Waals surface area contributed by atoms with Crippen LogP contribution in [-0.2, 0) is 19.1 Å². The van der Waals surface area contributed by atoms with Gasteiger partial charge in [-0.05, 0) is 49.4 Å². The van der Waals surface area contributed by atoms with Crippen LogP contribution in [0.2, 0.25) is 5.02 Å². The number of rotatable bonds is 4. The van der Waals surface area contributed by atoms with Crippen LogP contribution >= 0.6 is 27.5 Å². The van der Waals surface area contributed by atoms with Crippen LogP contribution in [-0.4, -0.2) is 36.1 Å². The Morgan fingerprint density at radius 2 is 1.86 bits per heavy atom. The lowest BCUT2D eigenvalue weighted by molar-refractivity contribution is -0.136. The van der Waals surface area contributed by atoms with Gasteiger partial charge in [0.05, 0.1) is 18.0 Å². The van der Waals surface area contributed by atoms with Gasteiger partial charge in [0.2, 0.25) is 5.91 Å². The van der Waals surface area contributed by atoms with Crippen molar-refractivity contribution in [2.45, 2.75) is 13.0 Å². The lowest BCUT2D eigenvalue weighted by Crippen LogP contribution is -2.39. The third kappa shape index (κ3) is 3.32. The van der Waals surface area contributed by atoms with Crippen LogP contribution < -0.4 is 9.91 Å². The summed E-state index contributed by atoms with van der Waals surface area (Å²) in [5.74, 6) is -2.75. The fourth-order valence-electron chi connectivity index (χ4n) is 3.46. The van der Waals surface area contributed by atoms with Gasteiger partial charge in [-0.3, -0.25) is 14.6 Å². The molecule has 2 heterocycles. The average molecular weight is 477 g/mol. The molecule has 1 saturated heterocycles. The molecule has 148 valence electrons. The molecular formula is C20H15BrClN3O4. The molecule has 0 aromatic heterocycles. The van der Waals surface area contributed by atoms with E-state index in [0.29, 0.717) is 16.4 Å². The molecule has 0 bridgehead atoms. The number of hydrogen-bond acceptors (Lipinski definition) is 6. The van der Waals surface area contributed by atoms with Crippen LogP contribution in [0.15, 0.2) is 58.1 Å². The van der Waals surface area contributed by atoms with Crippen molar-refractivity contribution in [3.05, 3.63) is 58.0 Å². The Balaban J connectivity index is 1.79. The molecule has 2 unspecified atom stereocenters. The van der Waals surface area contributed by atoms with Crippen molar-refractivity contribution in [3.63, 3.8) is 0 Å². The molecule has 2 aromatic carbocycles. The van der Waals surface area contributed by atoms with Crippen LogP contribution in [0.5, 0.6) is 0 Å². The number of ether oxygens (including phenoxy) is 1. The highest BCUT2D eigenvalue weighted by molar-refractivity contribution is 9.10. The van der Waals surface area contributed by atoms with E-state index in [4.69, 9.17) is 16.3 Å². The van der Waals surface area contributed by atoms with Crippen molar-refractivity contribution in [3.8, 4) is 0 Å². The lowest BCUT2D eigenvalue weighted by Gasteiger charge is -2.22.